The molecule has 1 unspecified atom stereocenters. The number of aryl methyl sites for hydroxylation is 1. The zero-order chi connectivity index (χ0) is 21.3. The number of hydrogen-bond acceptors (Lipinski definition) is 5. The number of rotatable bonds is 5. The number of nitrogens with zero attached hydrogens (tertiary/aromatic N) is 4. The van der Waals surface area contributed by atoms with E-state index in [9.17, 15) is 14.0 Å². The Morgan fingerprint density at radius 1 is 1.37 bits per heavy atom. The van der Waals surface area contributed by atoms with Gasteiger partial charge in [-0.1, -0.05) is 6.92 Å². The van der Waals surface area contributed by atoms with Crippen LogP contribution in [0.1, 0.15) is 18.9 Å². The van der Waals surface area contributed by atoms with Gasteiger partial charge in [0.25, 0.3) is 5.91 Å². The highest BCUT2D eigenvalue weighted by Gasteiger charge is 2.33. The predicted octanol–water partition coefficient (Wildman–Crippen LogP) is 2.86. The molecule has 8 nitrogen and oxygen atoms in total. The van der Waals surface area contributed by atoms with E-state index in [1.165, 1.54) is 15.6 Å². The van der Waals surface area contributed by atoms with E-state index in [1.807, 2.05) is 6.92 Å². The Morgan fingerprint density at radius 2 is 2.20 bits per heavy atom. The van der Waals surface area contributed by atoms with Gasteiger partial charge < -0.3 is 10.1 Å². The Balaban J connectivity index is 1.56. The van der Waals surface area contributed by atoms with Crippen LogP contribution in [-0.4, -0.2) is 39.2 Å². The highest BCUT2D eigenvalue weighted by molar-refractivity contribution is 6.10. The first kappa shape index (κ1) is 19.6. The molecule has 0 spiro atoms. The summed E-state index contributed by atoms with van der Waals surface area (Å²) in [6, 6.07) is 7.69. The van der Waals surface area contributed by atoms with Crippen molar-refractivity contribution in [3.8, 4) is 11.4 Å². The SMILES string of the molecule is CCC(Oc1ccc(-n2cc(C)cn2)c(F)c1)C(=O)N1CC(=O)Nc2cccnc21. The second-order valence-electron chi connectivity index (χ2n) is 6.94. The van der Waals surface area contributed by atoms with Crippen LogP contribution in [0.25, 0.3) is 5.69 Å². The summed E-state index contributed by atoms with van der Waals surface area (Å²) in [5.41, 5.74) is 1.65. The summed E-state index contributed by atoms with van der Waals surface area (Å²) in [4.78, 5) is 30.6. The zero-order valence-corrected chi connectivity index (χ0v) is 16.5. The Labute approximate surface area is 172 Å². The third-order valence-corrected chi connectivity index (χ3v) is 4.69. The summed E-state index contributed by atoms with van der Waals surface area (Å²) in [6.45, 7) is 3.49. The van der Waals surface area contributed by atoms with Gasteiger partial charge >= 0.3 is 0 Å². The van der Waals surface area contributed by atoms with Crippen molar-refractivity contribution >= 4 is 23.3 Å². The largest absolute Gasteiger partial charge is 0.480 e. The molecule has 0 bridgehead atoms. The molecule has 1 atom stereocenters. The molecule has 2 amide bonds. The molecule has 0 saturated heterocycles. The molecule has 0 saturated carbocycles. The molecule has 154 valence electrons. The van der Waals surface area contributed by atoms with Crippen molar-refractivity contribution in [3.05, 3.63) is 60.3 Å². The topological polar surface area (TPSA) is 89.4 Å². The third kappa shape index (κ3) is 3.73. The Bertz CT molecular complexity index is 1110. The van der Waals surface area contributed by atoms with E-state index in [0.29, 0.717) is 17.9 Å². The molecule has 30 heavy (non-hydrogen) atoms. The van der Waals surface area contributed by atoms with Crippen LogP contribution in [0.2, 0.25) is 0 Å². The summed E-state index contributed by atoms with van der Waals surface area (Å²) >= 11 is 0. The van der Waals surface area contributed by atoms with Crippen LogP contribution in [0.4, 0.5) is 15.9 Å². The summed E-state index contributed by atoms with van der Waals surface area (Å²) in [5, 5.41) is 6.79. The van der Waals surface area contributed by atoms with Gasteiger partial charge in [-0.2, -0.15) is 5.10 Å². The molecular weight excluding hydrogens is 389 g/mol. The molecular formula is C21H20FN5O3. The van der Waals surface area contributed by atoms with E-state index >= 15 is 0 Å². The molecule has 1 aliphatic heterocycles. The number of pyridine rings is 1. The molecule has 3 heterocycles. The number of halogens is 1. The first-order valence-electron chi connectivity index (χ1n) is 9.50. The Morgan fingerprint density at radius 3 is 2.90 bits per heavy atom. The van der Waals surface area contributed by atoms with Crippen molar-refractivity contribution < 1.29 is 18.7 Å². The molecule has 1 aliphatic rings. The fourth-order valence-electron chi connectivity index (χ4n) is 3.24. The maximum atomic E-state index is 14.6. The predicted molar refractivity (Wildman–Crippen MR) is 108 cm³/mol. The molecule has 4 rings (SSSR count). The number of carbonyl (C=O) groups excluding carboxylic acids is 2. The van der Waals surface area contributed by atoms with E-state index in [-0.39, 0.29) is 23.9 Å². The molecule has 3 aromatic rings. The monoisotopic (exact) mass is 409 g/mol. The van der Waals surface area contributed by atoms with Gasteiger partial charge in [0.15, 0.2) is 17.7 Å². The zero-order valence-electron chi connectivity index (χ0n) is 16.5. The minimum Gasteiger partial charge on any atom is -0.480 e. The van der Waals surface area contributed by atoms with Crippen LogP contribution in [-0.2, 0) is 9.59 Å². The fraction of sp³-hybridized carbons (Fsp3) is 0.238. The van der Waals surface area contributed by atoms with Crippen LogP contribution in [0.15, 0.2) is 48.9 Å². The average Bonchev–Trinajstić information content (AvgIpc) is 3.16. The highest BCUT2D eigenvalue weighted by Crippen LogP contribution is 2.28. The van der Waals surface area contributed by atoms with Crippen LogP contribution in [0.3, 0.4) is 0 Å². The van der Waals surface area contributed by atoms with Gasteiger partial charge in [-0.15, -0.1) is 0 Å². The second kappa shape index (κ2) is 7.94. The van der Waals surface area contributed by atoms with Crippen LogP contribution in [0.5, 0.6) is 5.75 Å². The summed E-state index contributed by atoms with van der Waals surface area (Å²) in [7, 11) is 0. The van der Waals surface area contributed by atoms with E-state index in [1.54, 1.807) is 49.8 Å². The van der Waals surface area contributed by atoms with E-state index < -0.39 is 17.8 Å². The summed E-state index contributed by atoms with van der Waals surface area (Å²) < 4.78 is 21.8. The van der Waals surface area contributed by atoms with Crippen LogP contribution < -0.4 is 15.0 Å². The van der Waals surface area contributed by atoms with E-state index in [0.717, 1.165) is 5.56 Å². The number of hydrogen-bond donors (Lipinski definition) is 1. The molecule has 0 aliphatic carbocycles. The van der Waals surface area contributed by atoms with Crippen molar-refractivity contribution in [2.24, 2.45) is 0 Å². The smallest absolute Gasteiger partial charge is 0.269 e. The number of amides is 2. The van der Waals surface area contributed by atoms with Gasteiger partial charge in [0.2, 0.25) is 5.91 Å². The number of benzene rings is 1. The lowest BCUT2D eigenvalue weighted by Gasteiger charge is -2.30. The van der Waals surface area contributed by atoms with Crippen molar-refractivity contribution in [1.82, 2.24) is 14.8 Å². The van der Waals surface area contributed by atoms with Crippen molar-refractivity contribution in [3.63, 3.8) is 0 Å². The third-order valence-electron chi connectivity index (χ3n) is 4.69. The first-order chi connectivity index (χ1) is 14.5. The minimum atomic E-state index is -0.900. The highest BCUT2D eigenvalue weighted by atomic mass is 19.1. The number of carbonyl (C=O) groups is 2. The van der Waals surface area contributed by atoms with E-state index in [4.69, 9.17) is 4.74 Å². The van der Waals surface area contributed by atoms with Gasteiger partial charge in [-0.05, 0) is 43.2 Å². The number of fused-ring (bicyclic) bond motifs is 1. The van der Waals surface area contributed by atoms with Crippen molar-refractivity contribution in [2.45, 2.75) is 26.4 Å². The Kier molecular flexibility index (Phi) is 5.18. The van der Waals surface area contributed by atoms with Crippen molar-refractivity contribution in [2.75, 3.05) is 16.8 Å². The molecule has 0 radical (unpaired) electrons. The normalized spacial score (nSPS) is 14.1. The molecule has 9 heteroatoms. The van der Waals surface area contributed by atoms with E-state index in [2.05, 4.69) is 15.4 Å². The molecule has 2 aromatic heterocycles. The summed E-state index contributed by atoms with van der Waals surface area (Å²) in [5.74, 6) is -0.687. The number of ether oxygens (including phenoxy) is 1. The molecule has 1 aromatic carbocycles. The molecule has 1 N–H and O–H groups in total. The fourth-order valence-corrected chi connectivity index (χ4v) is 3.24. The van der Waals surface area contributed by atoms with Gasteiger partial charge in [0, 0.05) is 18.5 Å². The molecule has 0 fully saturated rings. The second-order valence-corrected chi connectivity index (χ2v) is 6.94. The van der Waals surface area contributed by atoms with Gasteiger partial charge in [-0.3, -0.25) is 14.5 Å². The number of aromatic nitrogens is 3. The maximum absolute atomic E-state index is 14.6. The van der Waals surface area contributed by atoms with Crippen molar-refractivity contribution in [1.29, 1.82) is 0 Å². The van der Waals surface area contributed by atoms with Crippen LogP contribution in [0, 0.1) is 12.7 Å². The van der Waals surface area contributed by atoms with Gasteiger partial charge in [-0.25, -0.2) is 14.1 Å². The quantitative estimate of drug-likeness (QED) is 0.700. The number of anilines is 2. The first-order valence-corrected chi connectivity index (χ1v) is 9.50. The Hall–Kier alpha value is -3.75. The van der Waals surface area contributed by atoms with Gasteiger partial charge in [0.05, 0.1) is 11.9 Å². The summed E-state index contributed by atoms with van der Waals surface area (Å²) in [6.07, 6.45) is 4.33. The lowest BCUT2D eigenvalue weighted by atomic mass is 10.2. The maximum Gasteiger partial charge on any atom is 0.269 e. The number of nitrogens with one attached hydrogen (secondary N) is 1. The van der Waals surface area contributed by atoms with Crippen LogP contribution >= 0.6 is 0 Å². The lowest BCUT2D eigenvalue weighted by Crippen LogP contribution is -2.48. The average molecular weight is 409 g/mol. The lowest BCUT2D eigenvalue weighted by molar-refractivity contribution is -0.127. The standard InChI is InChI=1S/C21H20FN5O3/c1-3-18(21(29)26-12-19(28)25-16-5-4-8-23-20(16)26)30-14-6-7-17(15(22)9-14)27-11-13(2)10-24-27/h4-11,18H,3,12H2,1-2H3,(H,25,28). The van der Waals surface area contributed by atoms with Gasteiger partial charge in [0.1, 0.15) is 18.0 Å². The minimum absolute atomic E-state index is 0.158.